The molecule has 3 heterocycles. The second-order valence-corrected chi connectivity index (χ2v) is 7.85. The molecular formula is C21H23N5O3S. The van der Waals surface area contributed by atoms with Crippen LogP contribution in [0.15, 0.2) is 52.2 Å². The summed E-state index contributed by atoms with van der Waals surface area (Å²) in [6.45, 7) is 3.89. The van der Waals surface area contributed by atoms with Gasteiger partial charge in [0.25, 0.3) is 0 Å². The smallest absolute Gasteiger partial charge is 0.230 e. The highest BCUT2D eigenvalue weighted by molar-refractivity contribution is 7.99. The first-order valence-electron chi connectivity index (χ1n) is 9.91. The van der Waals surface area contributed by atoms with E-state index in [0.717, 1.165) is 24.2 Å². The lowest BCUT2D eigenvalue weighted by Gasteiger charge is -2.16. The Morgan fingerprint density at radius 3 is 2.73 bits per heavy atom. The molecule has 1 fully saturated rings. The zero-order chi connectivity index (χ0) is 20.9. The van der Waals surface area contributed by atoms with Gasteiger partial charge in [-0.1, -0.05) is 23.9 Å². The summed E-state index contributed by atoms with van der Waals surface area (Å²) in [5.74, 6) is 1.64. The van der Waals surface area contributed by atoms with Gasteiger partial charge in [0.1, 0.15) is 0 Å². The second-order valence-electron chi connectivity index (χ2n) is 6.91. The fourth-order valence-electron chi connectivity index (χ4n) is 3.37. The molecule has 1 N–H and O–H groups in total. The first kappa shape index (κ1) is 20.2. The third kappa shape index (κ3) is 4.40. The van der Waals surface area contributed by atoms with Gasteiger partial charge in [0.15, 0.2) is 16.7 Å². The zero-order valence-corrected chi connectivity index (χ0v) is 17.5. The lowest BCUT2D eigenvalue weighted by molar-refractivity contribution is -0.119. The van der Waals surface area contributed by atoms with Crippen molar-refractivity contribution in [1.82, 2.24) is 20.1 Å². The van der Waals surface area contributed by atoms with Crippen molar-refractivity contribution in [3.05, 3.63) is 48.2 Å². The van der Waals surface area contributed by atoms with Gasteiger partial charge < -0.3 is 14.6 Å². The van der Waals surface area contributed by atoms with Crippen molar-refractivity contribution in [3.8, 4) is 11.6 Å². The summed E-state index contributed by atoms with van der Waals surface area (Å²) in [4.78, 5) is 25.9. The number of furan rings is 1. The molecule has 1 saturated heterocycles. The molecule has 2 amide bonds. The number of aromatic nitrogens is 3. The number of nitrogens with zero attached hydrogens (tertiary/aromatic N) is 4. The van der Waals surface area contributed by atoms with E-state index in [4.69, 9.17) is 4.42 Å². The highest BCUT2D eigenvalue weighted by atomic mass is 32.2. The zero-order valence-electron chi connectivity index (χ0n) is 16.7. The quantitative estimate of drug-likeness (QED) is 0.558. The van der Waals surface area contributed by atoms with Crippen LogP contribution >= 0.6 is 11.8 Å². The Balaban J connectivity index is 1.29. The predicted octanol–water partition coefficient (Wildman–Crippen LogP) is 3.09. The van der Waals surface area contributed by atoms with Crippen molar-refractivity contribution in [3.63, 3.8) is 0 Å². The topological polar surface area (TPSA) is 93.3 Å². The molecule has 0 aliphatic carbocycles. The fraction of sp³-hybridized carbons (Fsp3) is 0.333. The van der Waals surface area contributed by atoms with Crippen molar-refractivity contribution in [2.24, 2.45) is 0 Å². The Kier molecular flexibility index (Phi) is 6.18. The summed E-state index contributed by atoms with van der Waals surface area (Å²) in [6.07, 6.45) is 3.12. The largest absolute Gasteiger partial charge is 0.461 e. The number of hydrogen-bond acceptors (Lipinski definition) is 6. The lowest BCUT2D eigenvalue weighted by atomic mass is 10.2. The molecule has 2 aromatic heterocycles. The van der Waals surface area contributed by atoms with E-state index >= 15 is 0 Å². The van der Waals surface area contributed by atoms with Crippen LogP contribution in [-0.2, 0) is 22.7 Å². The van der Waals surface area contributed by atoms with E-state index in [1.165, 1.54) is 11.8 Å². The van der Waals surface area contributed by atoms with Gasteiger partial charge in [-0.2, -0.15) is 0 Å². The molecule has 3 aromatic rings. The average Bonchev–Trinajstić information content (AvgIpc) is 3.51. The van der Waals surface area contributed by atoms with E-state index in [0.29, 0.717) is 36.3 Å². The number of anilines is 1. The van der Waals surface area contributed by atoms with Crippen LogP contribution in [0.3, 0.4) is 0 Å². The van der Waals surface area contributed by atoms with Gasteiger partial charge in [-0.3, -0.25) is 14.2 Å². The van der Waals surface area contributed by atoms with E-state index in [1.54, 1.807) is 17.2 Å². The molecule has 0 unspecified atom stereocenters. The van der Waals surface area contributed by atoms with Crippen LogP contribution < -0.4 is 10.2 Å². The molecule has 8 nitrogen and oxygen atoms in total. The molecule has 9 heteroatoms. The van der Waals surface area contributed by atoms with E-state index in [2.05, 4.69) is 15.5 Å². The molecule has 0 spiro atoms. The predicted molar refractivity (Wildman–Crippen MR) is 114 cm³/mol. The number of amides is 2. The summed E-state index contributed by atoms with van der Waals surface area (Å²) < 4.78 is 7.33. The molecule has 0 bridgehead atoms. The maximum Gasteiger partial charge on any atom is 0.230 e. The van der Waals surface area contributed by atoms with E-state index in [1.807, 2.05) is 41.8 Å². The minimum atomic E-state index is -0.0796. The number of benzene rings is 1. The van der Waals surface area contributed by atoms with E-state index in [-0.39, 0.29) is 17.6 Å². The number of rotatable bonds is 8. The molecule has 0 saturated carbocycles. The normalized spacial score (nSPS) is 13.8. The van der Waals surface area contributed by atoms with Gasteiger partial charge in [0, 0.05) is 31.7 Å². The summed E-state index contributed by atoms with van der Waals surface area (Å²) in [6, 6.07) is 11.4. The molecule has 30 heavy (non-hydrogen) atoms. The first-order valence-corrected chi connectivity index (χ1v) is 10.9. The average molecular weight is 426 g/mol. The van der Waals surface area contributed by atoms with Crippen LogP contribution in [0.2, 0.25) is 0 Å². The summed E-state index contributed by atoms with van der Waals surface area (Å²) in [7, 11) is 0. The van der Waals surface area contributed by atoms with Crippen molar-refractivity contribution >= 4 is 29.3 Å². The number of carbonyl (C=O) groups is 2. The van der Waals surface area contributed by atoms with Gasteiger partial charge in [-0.15, -0.1) is 10.2 Å². The SMILES string of the molecule is CCn1c(SCC(=O)NCc2ccc(N3CCCC3=O)cc2)nnc1-c1ccco1. The van der Waals surface area contributed by atoms with Crippen LogP contribution in [-0.4, -0.2) is 38.9 Å². The van der Waals surface area contributed by atoms with Gasteiger partial charge >= 0.3 is 0 Å². The Hall–Kier alpha value is -3.07. The Bertz CT molecular complexity index is 1010. The number of thioether (sulfide) groups is 1. The van der Waals surface area contributed by atoms with Crippen LogP contribution in [0.5, 0.6) is 0 Å². The third-order valence-electron chi connectivity index (χ3n) is 4.92. The van der Waals surface area contributed by atoms with Crippen molar-refractivity contribution in [1.29, 1.82) is 0 Å². The van der Waals surface area contributed by atoms with Crippen molar-refractivity contribution < 1.29 is 14.0 Å². The maximum absolute atomic E-state index is 12.3. The molecular weight excluding hydrogens is 402 g/mol. The highest BCUT2D eigenvalue weighted by Crippen LogP contribution is 2.24. The highest BCUT2D eigenvalue weighted by Gasteiger charge is 2.21. The maximum atomic E-state index is 12.3. The number of carbonyl (C=O) groups excluding carboxylic acids is 2. The molecule has 0 radical (unpaired) electrons. The summed E-state index contributed by atoms with van der Waals surface area (Å²) in [5, 5.41) is 12.0. The first-order chi connectivity index (χ1) is 14.7. The van der Waals surface area contributed by atoms with Gasteiger partial charge in [0.2, 0.25) is 11.8 Å². The summed E-state index contributed by atoms with van der Waals surface area (Å²) >= 11 is 1.34. The fourth-order valence-corrected chi connectivity index (χ4v) is 4.20. The molecule has 1 aliphatic heterocycles. The van der Waals surface area contributed by atoms with Crippen molar-refractivity contribution in [2.75, 3.05) is 17.2 Å². The minimum absolute atomic E-state index is 0.0796. The van der Waals surface area contributed by atoms with Crippen LogP contribution in [0, 0.1) is 0 Å². The number of nitrogens with one attached hydrogen (secondary N) is 1. The number of hydrogen-bond donors (Lipinski definition) is 1. The van der Waals surface area contributed by atoms with Crippen LogP contribution in [0.1, 0.15) is 25.3 Å². The third-order valence-corrected chi connectivity index (χ3v) is 5.88. The van der Waals surface area contributed by atoms with Gasteiger partial charge in [-0.05, 0) is 43.2 Å². The Morgan fingerprint density at radius 1 is 1.23 bits per heavy atom. The monoisotopic (exact) mass is 425 g/mol. The minimum Gasteiger partial charge on any atom is -0.461 e. The molecule has 4 rings (SSSR count). The molecule has 156 valence electrons. The van der Waals surface area contributed by atoms with E-state index < -0.39 is 0 Å². The second kappa shape index (κ2) is 9.17. The standard InChI is InChI=1S/C21H23N5O3S/c1-2-25-20(17-5-4-12-29-17)23-24-21(25)30-14-18(27)22-13-15-7-9-16(10-8-15)26-11-3-6-19(26)28/h4-5,7-10,12H,2-3,6,11,13-14H2,1H3,(H,22,27). The Morgan fingerprint density at radius 2 is 2.07 bits per heavy atom. The van der Waals surface area contributed by atoms with Gasteiger partial charge in [-0.25, -0.2) is 0 Å². The molecule has 1 aromatic carbocycles. The molecule has 0 atom stereocenters. The van der Waals surface area contributed by atoms with Crippen LogP contribution in [0.4, 0.5) is 5.69 Å². The van der Waals surface area contributed by atoms with Gasteiger partial charge in [0.05, 0.1) is 12.0 Å². The summed E-state index contributed by atoms with van der Waals surface area (Å²) in [5.41, 5.74) is 1.90. The van der Waals surface area contributed by atoms with Crippen LogP contribution in [0.25, 0.3) is 11.6 Å². The molecule has 1 aliphatic rings. The lowest BCUT2D eigenvalue weighted by Crippen LogP contribution is -2.25. The van der Waals surface area contributed by atoms with Crippen molar-refractivity contribution in [2.45, 2.75) is 38.0 Å². The van der Waals surface area contributed by atoms with E-state index in [9.17, 15) is 9.59 Å². The Labute approximate surface area is 178 Å².